The van der Waals surface area contributed by atoms with Gasteiger partial charge in [0.25, 0.3) is 0 Å². The maximum atomic E-state index is 12.3. The second kappa shape index (κ2) is 6.65. The van der Waals surface area contributed by atoms with Crippen molar-refractivity contribution in [2.75, 3.05) is 6.61 Å². The van der Waals surface area contributed by atoms with Gasteiger partial charge in [-0.2, -0.15) is 21.6 Å². The molecule has 21 heavy (non-hydrogen) atoms. The number of benzene rings is 1. The van der Waals surface area contributed by atoms with Crippen LogP contribution in [0.4, 0.5) is 13.2 Å². The van der Waals surface area contributed by atoms with Gasteiger partial charge in [-0.1, -0.05) is 6.07 Å². The number of rotatable bonds is 5. The average Bonchev–Trinajstić information content (AvgIpc) is 2.32. The highest BCUT2D eigenvalue weighted by Gasteiger charge is 2.48. The average molecular weight is 391 g/mol. The molecular weight excluding hydrogens is 381 g/mol. The Hall–Kier alpha value is -1.29. The monoisotopic (exact) mass is 390 g/mol. The van der Waals surface area contributed by atoms with E-state index in [1.54, 1.807) is 6.92 Å². The van der Waals surface area contributed by atoms with Gasteiger partial charge >= 0.3 is 21.6 Å². The van der Waals surface area contributed by atoms with E-state index in [1.807, 2.05) is 0 Å². The van der Waals surface area contributed by atoms with E-state index in [4.69, 9.17) is 0 Å². The van der Waals surface area contributed by atoms with Crippen LogP contribution in [0.2, 0.25) is 0 Å². The molecule has 1 rings (SSSR count). The molecule has 1 aromatic carbocycles. The SMILES string of the molecule is CCOC(=O)Cc1ccc(Br)c(OS(=O)(=O)C(F)(F)F)c1. The van der Waals surface area contributed by atoms with E-state index in [0.717, 1.165) is 6.07 Å². The molecule has 0 amide bonds. The van der Waals surface area contributed by atoms with E-state index in [9.17, 15) is 26.4 Å². The Morgan fingerprint density at radius 1 is 1.33 bits per heavy atom. The van der Waals surface area contributed by atoms with Crippen molar-refractivity contribution in [3.63, 3.8) is 0 Å². The van der Waals surface area contributed by atoms with Crippen LogP contribution in [-0.4, -0.2) is 26.5 Å². The minimum absolute atomic E-state index is 0.00272. The summed E-state index contributed by atoms with van der Waals surface area (Å²) in [6.45, 7) is 1.76. The van der Waals surface area contributed by atoms with Crippen molar-refractivity contribution >= 4 is 32.0 Å². The summed E-state index contributed by atoms with van der Waals surface area (Å²) in [5, 5.41) is 0. The van der Waals surface area contributed by atoms with E-state index in [-0.39, 0.29) is 23.1 Å². The Bertz CT molecular complexity index is 627. The van der Waals surface area contributed by atoms with E-state index in [1.165, 1.54) is 12.1 Å². The van der Waals surface area contributed by atoms with Crippen molar-refractivity contribution in [2.45, 2.75) is 18.9 Å². The number of alkyl halides is 3. The zero-order chi connectivity index (χ0) is 16.3. The summed E-state index contributed by atoms with van der Waals surface area (Å²) < 4.78 is 67.4. The standard InChI is InChI=1S/C11H10BrF3O5S/c1-2-19-10(16)6-7-3-4-8(12)9(5-7)20-21(17,18)11(13,14)15/h3-5H,2,6H2,1H3. The molecule has 0 unspecified atom stereocenters. The van der Waals surface area contributed by atoms with Crippen molar-refractivity contribution in [1.29, 1.82) is 0 Å². The molecule has 0 radical (unpaired) electrons. The Balaban J connectivity index is 3.01. The third-order valence-electron chi connectivity index (χ3n) is 2.13. The predicted molar refractivity (Wildman–Crippen MR) is 70.1 cm³/mol. The molecule has 0 aliphatic rings. The summed E-state index contributed by atoms with van der Waals surface area (Å²) in [5.74, 6) is -1.15. The van der Waals surface area contributed by atoms with Crippen molar-refractivity contribution in [2.24, 2.45) is 0 Å². The fourth-order valence-electron chi connectivity index (χ4n) is 1.27. The van der Waals surface area contributed by atoms with E-state index >= 15 is 0 Å². The third kappa shape index (κ3) is 4.88. The molecule has 5 nitrogen and oxygen atoms in total. The van der Waals surface area contributed by atoms with Crippen LogP contribution in [0.15, 0.2) is 22.7 Å². The molecule has 0 saturated heterocycles. The number of carbonyl (C=O) groups is 1. The highest BCUT2D eigenvalue weighted by atomic mass is 79.9. The van der Waals surface area contributed by atoms with E-state index in [2.05, 4.69) is 24.8 Å². The first-order valence-corrected chi connectivity index (χ1v) is 7.71. The normalized spacial score (nSPS) is 12.0. The molecule has 0 fully saturated rings. The molecule has 0 heterocycles. The lowest BCUT2D eigenvalue weighted by Crippen LogP contribution is -2.28. The highest BCUT2D eigenvalue weighted by molar-refractivity contribution is 9.10. The highest BCUT2D eigenvalue weighted by Crippen LogP contribution is 2.32. The maximum absolute atomic E-state index is 12.3. The molecule has 10 heteroatoms. The molecule has 118 valence electrons. The fourth-order valence-corrected chi connectivity index (χ4v) is 2.17. The van der Waals surface area contributed by atoms with Crippen LogP contribution in [0.1, 0.15) is 12.5 Å². The lowest BCUT2D eigenvalue weighted by Gasteiger charge is -2.11. The summed E-state index contributed by atoms with van der Waals surface area (Å²) in [5.41, 5.74) is -5.28. The van der Waals surface area contributed by atoms with Gasteiger partial charge in [-0.3, -0.25) is 4.79 Å². The molecule has 0 saturated carbocycles. The van der Waals surface area contributed by atoms with E-state index in [0.29, 0.717) is 0 Å². The van der Waals surface area contributed by atoms with Gasteiger partial charge in [0.05, 0.1) is 17.5 Å². The minimum atomic E-state index is -5.77. The third-order valence-corrected chi connectivity index (χ3v) is 3.75. The summed E-state index contributed by atoms with van der Waals surface area (Å²) in [6, 6.07) is 3.72. The number of esters is 1. The lowest BCUT2D eigenvalue weighted by molar-refractivity contribution is -0.142. The zero-order valence-electron chi connectivity index (χ0n) is 10.6. The predicted octanol–water partition coefficient (Wildman–Crippen LogP) is 2.78. The first-order chi connectivity index (χ1) is 9.56. The molecule has 0 spiro atoms. The fraction of sp³-hybridized carbons (Fsp3) is 0.364. The largest absolute Gasteiger partial charge is 0.534 e. The van der Waals surface area contributed by atoms with Gasteiger partial charge in [0.15, 0.2) is 5.75 Å². The smallest absolute Gasteiger partial charge is 0.466 e. The Labute approximate surface area is 127 Å². The van der Waals surface area contributed by atoms with Gasteiger partial charge in [0.2, 0.25) is 0 Å². The minimum Gasteiger partial charge on any atom is -0.466 e. The van der Waals surface area contributed by atoms with Crippen molar-refractivity contribution in [3.05, 3.63) is 28.2 Å². The summed E-state index contributed by atoms with van der Waals surface area (Å²) >= 11 is 2.87. The van der Waals surface area contributed by atoms with Crippen LogP contribution in [-0.2, 0) is 26.1 Å². The van der Waals surface area contributed by atoms with Gasteiger partial charge in [-0.25, -0.2) is 0 Å². The van der Waals surface area contributed by atoms with Crippen LogP contribution in [0.5, 0.6) is 5.75 Å². The van der Waals surface area contributed by atoms with Crippen molar-refractivity contribution in [3.8, 4) is 5.75 Å². The first kappa shape index (κ1) is 17.8. The summed E-state index contributed by atoms with van der Waals surface area (Å²) in [7, 11) is -5.77. The number of ether oxygens (including phenoxy) is 1. The zero-order valence-corrected chi connectivity index (χ0v) is 13.0. The molecule has 0 aromatic heterocycles. The molecule has 1 aromatic rings. The second-order valence-corrected chi connectivity index (χ2v) is 6.12. The number of carbonyl (C=O) groups excluding carboxylic acids is 1. The van der Waals surface area contributed by atoms with Gasteiger partial charge in [-0.05, 0) is 40.5 Å². The van der Waals surface area contributed by atoms with Gasteiger partial charge in [0.1, 0.15) is 0 Å². The van der Waals surface area contributed by atoms with Gasteiger partial charge in [-0.15, -0.1) is 0 Å². The molecule has 0 aliphatic carbocycles. The number of hydrogen-bond donors (Lipinski definition) is 0. The van der Waals surface area contributed by atoms with Crippen molar-refractivity contribution < 1.29 is 35.3 Å². The Morgan fingerprint density at radius 3 is 2.48 bits per heavy atom. The summed E-state index contributed by atoms with van der Waals surface area (Å²) in [6.07, 6.45) is -0.219. The van der Waals surface area contributed by atoms with Crippen LogP contribution in [0.3, 0.4) is 0 Å². The first-order valence-electron chi connectivity index (χ1n) is 5.51. The summed E-state index contributed by atoms with van der Waals surface area (Å²) in [4.78, 5) is 11.3. The Morgan fingerprint density at radius 2 is 1.95 bits per heavy atom. The maximum Gasteiger partial charge on any atom is 0.534 e. The molecule has 0 N–H and O–H groups in total. The van der Waals surface area contributed by atoms with Crippen LogP contribution >= 0.6 is 15.9 Å². The molecule has 0 atom stereocenters. The van der Waals surface area contributed by atoms with Gasteiger partial charge < -0.3 is 8.92 Å². The Kier molecular flexibility index (Phi) is 5.62. The number of hydrogen-bond acceptors (Lipinski definition) is 5. The second-order valence-electron chi connectivity index (χ2n) is 3.73. The quantitative estimate of drug-likeness (QED) is 0.439. The molecule has 0 aliphatic heterocycles. The van der Waals surface area contributed by atoms with Crippen LogP contribution in [0.25, 0.3) is 0 Å². The van der Waals surface area contributed by atoms with E-state index < -0.39 is 27.3 Å². The molecule has 0 bridgehead atoms. The van der Waals surface area contributed by atoms with Gasteiger partial charge in [0, 0.05) is 0 Å². The number of halogens is 4. The molecular formula is C11H10BrF3O5S. The van der Waals surface area contributed by atoms with Crippen LogP contribution < -0.4 is 4.18 Å². The van der Waals surface area contributed by atoms with Crippen LogP contribution in [0, 0.1) is 0 Å². The lowest BCUT2D eigenvalue weighted by atomic mass is 10.1. The topological polar surface area (TPSA) is 69.7 Å². The van der Waals surface area contributed by atoms with Crippen molar-refractivity contribution in [1.82, 2.24) is 0 Å².